The van der Waals surface area contributed by atoms with Gasteiger partial charge in [-0.1, -0.05) is 24.3 Å². The molecule has 22 heavy (non-hydrogen) atoms. The molecule has 0 aliphatic carbocycles. The van der Waals surface area contributed by atoms with E-state index in [2.05, 4.69) is 0 Å². The zero-order valence-electron chi connectivity index (χ0n) is 11.9. The molecule has 0 unspecified atom stereocenters. The standard InChI is InChI=1S/C18H14FNO2/c19-14-9-4-10-15-16(14)17(21)13-8-5-11-22-18(13)20(15)12-6-2-1-3-7-12/h1-4,6-7,9-10H,5,8,11H2. The number of ether oxygens (including phenoxy) is 1. The number of halogens is 1. The molecule has 2 aromatic carbocycles. The Balaban J connectivity index is 2.21. The minimum Gasteiger partial charge on any atom is -0.478 e. The topological polar surface area (TPSA) is 31.2 Å². The lowest BCUT2D eigenvalue weighted by molar-refractivity contribution is 0.270. The molecular formula is C18H14FNO2. The van der Waals surface area contributed by atoms with E-state index in [9.17, 15) is 9.18 Å². The maximum absolute atomic E-state index is 14.3. The molecule has 4 rings (SSSR count). The first kappa shape index (κ1) is 13.1. The number of hydrogen-bond donors (Lipinski definition) is 0. The van der Waals surface area contributed by atoms with E-state index in [0.29, 0.717) is 30.0 Å². The first-order valence-corrected chi connectivity index (χ1v) is 7.31. The third-order valence-corrected chi connectivity index (χ3v) is 4.02. The lowest BCUT2D eigenvalue weighted by Crippen LogP contribution is -2.23. The SMILES string of the molecule is O=c1c2c(n(-c3ccccc3)c3cccc(F)c13)OCCC2. The Labute approximate surface area is 126 Å². The van der Waals surface area contributed by atoms with Crippen LogP contribution in [0.2, 0.25) is 0 Å². The maximum Gasteiger partial charge on any atom is 0.205 e. The van der Waals surface area contributed by atoms with E-state index in [1.807, 2.05) is 34.9 Å². The molecule has 2 heterocycles. The second-order valence-corrected chi connectivity index (χ2v) is 5.37. The van der Waals surface area contributed by atoms with Crippen LogP contribution < -0.4 is 10.2 Å². The van der Waals surface area contributed by atoms with Crippen LogP contribution in [0.15, 0.2) is 53.3 Å². The van der Waals surface area contributed by atoms with Crippen molar-refractivity contribution < 1.29 is 9.13 Å². The first-order valence-electron chi connectivity index (χ1n) is 7.31. The number of nitrogens with zero attached hydrogens (tertiary/aromatic N) is 1. The van der Waals surface area contributed by atoms with Gasteiger partial charge in [0.2, 0.25) is 5.88 Å². The van der Waals surface area contributed by atoms with Crippen molar-refractivity contribution in [2.24, 2.45) is 0 Å². The highest BCUT2D eigenvalue weighted by Crippen LogP contribution is 2.31. The third kappa shape index (κ3) is 1.84. The molecule has 0 radical (unpaired) electrons. The van der Waals surface area contributed by atoms with Crippen molar-refractivity contribution >= 4 is 10.9 Å². The van der Waals surface area contributed by atoms with Crippen LogP contribution in [0.4, 0.5) is 4.39 Å². The average molecular weight is 295 g/mol. The Bertz CT molecular complexity index is 916. The van der Waals surface area contributed by atoms with E-state index in [1.54, 1.807) is 12.1 Å². The molecule has 0 spiro atoms. The van der Waals surface area contributed by atoms with E-state index in [4.69, 9.17) is 4.74 Å². The summed E-state index contributed by atoms with van der Waals surface area (Å²) < 4.78 is 21.9. The predicted molar refractivity (Wildman–Crippen MR) is 83.3 cm³/mol. The van der Waals surface area contributed by atoms with Gasteiger partial charge in [0, 0.05) is 5.69 Å². The molecular weight excluding hydrogens is 281 g/mol. The van der Waals surface area contributed by atoms with Gasteiger partial charge in [-0.15, -0.1) is 0 Å². The zero-order chi connectivity index (χ0) is 15.1. The van der Waals surface area contributed by atoms with E-state index in [-0.39, 0.29) is 10.8 Å². The second kappa shape index (κ2) is 4.98. The van der Waals surface area contributed by atoms with Crippen LogP contribution in [0.5, 0.6) is 5.88 Å². The fourth-order valence-corrected chi connectivity index (χ4v) is 3.04. The number of hydrogen-bond acceptors (Lipinski definition) is 2. The van der Waals surface area contributed by atoms with Gasteiger partial charge in [0.05, 0.1) is 23.1 Å². The van der Waals surface area contributed by atoms with Crippen molar-refractivity contribution in [3.8, 4) is 11.6 Å². The Morgan fingerprint density at radius 1 is 1.05 bits per heavy atom. The molecule has 0 atom stereocenters. The summed E-state index contributed by atoms with van der Waals surface area (Å²) >= 11 is 0. The van der Waals surface area contributed by atoms with Crippen LogP contribution in [0.1, 0.15) is 12.0 Å². The molecule has 0 bridgehead atoms. The minimum absolute atomic E-state index is 0.135. The van der Waals surface area contributed by atoms with E-state index in [1.165, 1.54) is 6.07 Å². The Morgan fingerprint density at radius 2 is 1.86 bits per heavy atom. The van der Waals surface area contributed by atoms with E-state index in [0.717, 1.165) is 12.1 Å². The molecule has 1 aliphatic rings. The molecule has 1 aromatic heterocycles. The van der Waals surface area contributed by atoms with Gasteiger partial charge in [-0.2, -0.15) is 0 Å². The largest absolute Gasteiger partial charge is 0.478 e. The van der Waals surface area contributed by atoms with Gasteiger partial charge in [-0.25, -0.2) is 4.39 Å². The molecule has 1 aliphatic heterocycles. The molecule has 0 amide bonds. The molecule has 3 nitrogen and oxygen atoms in total. The monoisotopic (exact) mass is 295 g/mol. The highest BCUT2D eigenvalue weighted by Gasteiger charge is 2.23. The summed E-state index contributed by atoms with van der Waals surface area (Å²) in [5.74, 6) is 0.0566. The van der Waals surface area contributed by atoms with Crippen molar-refractivity contribution in [1.29, 1.82) is 0 Å². The maximum atomic E-state index is 14.3. The molecule has 0 saturated carbocycles. The fourth-order valence-electron chi connectivity index (χ4n) is 3.04. The predicted octanol–water partition coefficient (Wildman–Crippen LogP) is 3.45. The van der Waals surface area contributed by atoms with Gasteiger partial charge in [0.25, 0.3) is 0 Å². The number of pyridine rings is 1. The Hall–Kier alpha value is -2.62. The van der Waals surface area contributed by atoms with Crippen LogP contribution >= 0.6 is 0 Å². The summed E-state index contributed by atoms with van der Waals surface area (Å²) in [7, 11) is 0. The average Bonchev–Trinajstić information content (AvgIpc) is 2.56. The van der Waals surface area contributed by atoms with Gasteiger partial charge >= 0.3 is 0 Å². The van der Waals surface area contributed by atoms with Crippen LogP contribution in [-0.4, -0.2) is 11.2 Å². The molecule has 110 valence electrons. The molecule has 0 saturated heterocycles. The number of para-hydroxylation sites is 1. The number of fused-ring (bicyclic) bond motifs is 2. The fraction of sp³-hybridized carbons (Fsp3) is 0.167. The summed E-state index contributed by atoms with van der Waals surface area (Å²) in [5, 5.41) is 0.135. The quantitative estimate of drug-likeness (QED) is 0.688. The summed E-state index contributed by atoms with van der Waals surface area (Å²) in [6.07, 6.45) is 1.39. The highest BCUT2D eigenvalue weighted by molar-refractivity contribution is 5.83. The number of benzene rings is 2. The minimum atomic E-state index is -0.486. The molecule has 0 N–H and O–H groups in total. The normalized spacial score (nSPS) is 13.7. The first-order chi connectivity index (χ1) is 10.8. The van der Waals surface area contributed by atoms with E-state index >= 15 is 0 Å². The second-order valence-electron chi connectivity index (χ2n) is 5.37. The van der Waals surface area contributed by atoms with Crippen molar-refractivity contribution in [2.75, 3.05) is 6.61 Å². The number of aromatic nitrogens is 1. The lowest BCUT2D eigenvalue weighted by Gasteiger charge is -2.23. The van der Waals surface area contributed by atoms with Gasteiger partial charge in [-0.05, 0) is 37.1 Å². The van der Waals surface area contributed by atoms with E-state index < -0.39 is 5.82 Å². The van der Waals surface area contributed by atoms with Gasteiger partial charge in [-0.3, -0.25) is 9.36 Å². The van der Waals surface area contributed by atoms with Gasteiger partial charge in [0.1, 0.15) is 5.82 Å². The number of rotatable bonds is 1. The van der Waals surface area contributed by atoms with Crippen molar-refractivity contribution in [1.82, 2.24) is 4.57 Å². The van der Waals surface area contributed by atoms with Crippen molar-refractivity contribution in [3.63, 3.8) is 0 Å². The highest BCUT2D eigenvalue weighted by atomic mass is 19.1. The summed E-state index contributed by atoms with van der Waals surface area (Å²) in [5.41, 5.74) is 1.70. The van der Waals surface area contributed by atoms with Crippen LogP contribution in [0.25, 0.3) is 16.6 Å². The zero-order valence-corrected chi connectivity index (χ0v) is 11.9. The lowest BCUT2D eigenvalue weighted by atomic mass is 10.0. The smallest absolute Gasteiger partial charge is 0.205 e. The van der Waals surface area contributed by atoms with Gasteiger partial charge in [0.15, 0.2) is 5.43 Å². The summed E-state index contributed by atoms with van der Waals surface area (Å²) in [6.45, 7) is 0.570. The van der Waals surface area contributed by atoms with Crippen molar-refractivity contribution in [3.05, 3.63) is 70.1 Å². The van der Waals surface area contributed by atoms with Crippen molar-refractivity contribution in [2.45, 2.75) is 12.8 Å². The molecule has 4 heteroatoms. The third-order valence-electron chi connectivity index (χ3n) is 4.02. The van der Waals surface area contributed by atoms with Crippen LogP contribution in [0.3, 0.4) is 0 Å². The molecule has 0 fully saturated rings. The Kier molecular flexibility index (Phi) is 2.96. The summed E-state index contributed by atoms with van der Waals surface area (Å²) in [6, 6.07) is 14.3. The van der Waals surface area contributed by atoms with Crippen LogP contribution in [0, 0.1) is 5.82 Å². The van der Waals surface area contributed by atoms with Crippen LogP contribution in [-0.2, 0) is 6.42 Å². The summed E-state index contributed by atoms with van der Waals surface area (Å²) in [4.78, 5) is 12.6. The van der Waals surface area contributed by atoms with Gasteiger partial charge < -0.3 is 4.74 Å². The molecule has 3 aromatic rings. The Morgan fingerprint density at radius 3 is 2.68 bits per heavy atom.